The SMILES string of the molecule is [NH4+].[O]=[Ti-]([F])([F])[F]. The van der Waals surface area contributed by atoms with Crippen LogP contribution in [0.15, 0.2) is 0 Å². The van der Waals surface area contributed by atoms with Crippen molar-refractivity contribution in [1.29, 1.82) is 0 Å². The average molecular weight is 139 g/mol. The maximum atomic E-state index is 9.99. The first-order chi connectivity index (χ1) is 2.00. The van der Waals surface area contributed by atoms with Crippen molar-refractivity contribution < 1.29 is 30.8 Å². The topological polar surface area (TPSA) is 53.6 Å². The number of rotatable bonds is 0. The van der Waals surface area contributed by atoms with Gasteiger partial charge in [0.2, 0.25) is 0 Å². The number of hydrogen-bond acceptors (Lipinski definition) is 1. The molecule has 0 fully saturated rings. The quantitative estimate of drug-likeness (QED) is 0.508. The molecule has 0 atom stereocenters. The van der Waals surface area contributed by atoms with E-state index in [0.29, 0.717) is 0 Å². The zero-order valence-corrected chi connectivity index (χ0v) is 4.60. The molecule has 0 heterocycles. The molecule has 0 saturated carbocycles. The van der Waals surface area contributed by atoms with Crippen molar-refractivity contribution in [1.82, 2.24) is 6.15 Å². The standard InChI is InChI=1S/3FH.H3N.O.Ti/h3*1H;1H3;;/q;;;;;+2/p-2. The fraction of sp³-hybridized carbons (Fsp3) is 0. The van der Waals surface area contributed by atoms with Gasteiger partial charge in [-0.2, -0.15) is 0 Å². The molecular formula is H4F3NOTi. The molecule has 4 N–H and O–H groups in total. The Morgan fingerprint density at radius 2 is 1.17 bits per heavy atom. The van der Waals surface area contributed by atoms with Crippen LogP contribution in [0.2, 0.25) is 0 Å². The van der Waals surface area contributed by atoms with Crippen LogP contribution >= 0.6 is 0 Å². The molecule has 0 saturated heterocycles. The van der Waals surface area contributed by atoms with Gasteiger partial charge in [0, 0.05) is 0 Å². The summed E-state index contributed by atoms with van der Waals surface area (Å²) in [7, 11) is 0. The van der Waals surface area contributed by atoms with E-state index in [2.05, 4.69) is 0 Å². The first-order valence-electron chi connectivity index (χ1n) is 0.771. The molecule has 0 aliphatic rings. The second-order valence-electron chi connectivity index (χ2n) is 0.446. The third-order valence-corrected chi connectivity index (χ3v) is 0. The average Bonchev–Trinajstić information content (AvgIpc) is 0.722. The van der Waals surface area contributed by atoms with Gasteiger partial charge in [-0.25, -0.2) is 0 Å². The molecule has 0 aliphatic carbocycles. The predicted octanol–water partition coefficient (Wildman–Crippen LogP) is 1.52. The van der Waals surface area contributed by atoms with Crippen LogP contribution in [0.25, 0.3) is 0 Å². The van der Waals surface area contributed by atoms with Crippen molar-refractivity contribution in [2.75, 3.05) is 0 Å². The van der Waals surface area contributed by atoms with E-state index in [1.165, 1.54) is 0 Å². The molecule has 0 aromatic carbocycles. The molecule has 2 nitrogen and oxygen atoms in total. The van der Waals surface area contributed by atoms with Crippen LogP contribution in [0.5, 0.6) is 0 Å². The molecule has 0 bridgehead atoms. The van der Waals surface area contributed by atoms with Crippen LogP contribution in [0.3, 0.4) is 0 Å². The molecule has 6 heavy (non-hydrogen) atoms. The number of hydrogen-bond donors (Lipinski definition) is 1. The number of quaternary nitrogens is 1. The fourth-order valence-electron chi connectivity index (χ4n) is 0. The molecular weight excluding hydrogens is 135 g/mol. The Labute approximate surface area is 37.6 Å². The zero-order chi connectivity index (χ0) is 4.50. The second kappa shape index (κ2) is 2.44. The van der Waals surface area contributed by atoms with Gasteiger partial charge in [-0.1, -0.05) is 0 Å². The molecule has 0 radical (unpaired) electrons. The van der Waals surface area contributed by atoms with Gasteiger partial charge in [-0.3, -0.25) is 0 Å². The van der Waals surface area contributed by atoms with E-state index in [0.717, 1.165) is 0 Å². The monoisotopic (exact) mass is 139 g/mol. The van der Waals surface area contributed by atoms with Gasteiger partial charge in [0.25, 0.3) is 0 Å². The van der Waals surface area contributed by atoms with Crippen molar-refractivity contribution in [2.24, 2.45) is 0 Å². The summed E-state index contributed by atoms with van der Waals surface area (Å²) in [5.41, 5.74) is 0. The van der Waals surface area contributed by atoms with E-state index in [1.807, 2.05) is 0 Å². The normalized spacial score (nSPS) is 9.83. The first kappa shape index (κ1) is 9.55. The molecule has 0 aromatic heterocycles. The van der Waals surface area contributed by atoms with Crippen molar-refractivity contribution >= 4 is 0 Å². The van der Waals surface area contributed by atoms with E-state index in [-0.39, 0.29) is 6.15 Å². The van der Waals surface area contributed by atoms with Crippen LogP contribution in [-0.2, 0) is 21.5 Å². The molecule has 0 aromatic rings. The summed E-state index contributed by atoms with van der Waals surface area (Å²) in [5.74, 6) is 0. The second-order valence-corrected chi connectivity index (χ2v) is 1.84. The van der Waals surface area contributed by atoms with E-state index in [9.17, 15) is 9.28 Å². The summed E-state index contributed by atoms with van der Waals surface area (Å²) in [6.45, 7) is 0. The van der Waals surface area contributed by atoms with Gasteiger partial charge >= 0.3 is 30.8 Å². The van der Waals surface area contributed by atoms with E-state index in [1.54, 1.807) is 0 Å². The van der Waals surface area contributed by atoms with E-state index >= 15 is 0 Å². The molecule has 0 rings (SSSR count). The molecule has 6 heteroatoms. The molecule has 0 amide bonds. The third kappa shape index (κ3) is 651. The van der Waals surface area contributed by atoms with E-state index in [4.69, 9.17) is 3.32 Å². The predicted molar refractivity (Wildman–Crippen MR) is 10.00 cm³/mol. The van der Waals surface area contributed by atoms with Crippen molar-refractivity contribution in [3.05, 3.63) is 0 Å². The Morgan fingerprint density at radius 1 is 1.17 bits per heavy atom. The molecule has 0 unspecified atom stereocenters. The van der Waals surface area contributed by atoms with Crippen molar-refractivity contribution in [3.63, 3.8) is 0 Å². The Kier molecular flexibility index (Phi) is 3.88. The summed E-state index contributed by atoms with van der Waals surface area (Å²) in [4.78, 5) is 0. The summed E-state index contributed by atoms with van der Waals surface area (Å²) in [6, 6.07) is 0. The fourth-order valence-corrected chi connectivity index (χ4v) is 0. The third-order valence-electron chi connectivity index (χ3n) is 0. The zero-order valence-electron chi connectivity index (χ0n) is 3.04. The van der Waals surface area contributed by atoms with Crippen molar-refractivity contribution in [3.8, 4) is 0 Å². The van der Waals surface area contributed by atoms with E-state index < -0.39 is 18.2 Å². The summed E-state index contributed by atoms with van der Waals surface area (Å²) in [6.07, 6.45) is 0. The Bertz CT molecular complexity index is 56.9. The Morgan fingerprint density at radius 3 is 1.17 bits per heavy atom. The minimum absolute atomic E-state index is 0. The van der Waals surface area contributed by atoms with Gasteiger partial charge in [-0.15, -0.1) is 0 Å². The Hall–Kier alpha value is 0.264. The first-order valence-corrected chi connectivity index (χ1v) is 3.18. The maximum absolute atomic E-state index is 9.99. The summed E-state index contributed by atoms with van der Waals surface area (Å²) >= 11 is -6.75. The van der Waals surface area contributed by atoms with Gasteiger partial charge in [0.1, 0.15) is 0 Å². The summed E-state index contributed by atoms with van der Waals surface area (Å²) in [5, 5.41) is 0. The van der Waals surface area contributed by atoms with Crippen molar-refractivity contribution in [2.45, 2.75) is 0 Å². The van der Waals surface area contributed by atoms with Crippen LogP contribution < -0.4 is 6.15 Å². The van der Waals surface area contributed by atoms with Crippen LogP contribution in [0.1, 0.15) is 0 Å². The number of halogens is 3. The van der Waals surface area contributed by atoms with Gasteiger partial charge in [0.05, 0.1) is 0 Å². The van der Waals surface area contributed by atoms with Crippen LogP contribution in [0, 0.1) is 0 Å². The van der Waals surface area contributed by atoms with Crippen LogP contribution in [-0.4, -0.2) is 0 Å². The molecule has 40 valence electrons. The molecule has 0 aliphatic heterocycles. The Balaban J connectivity index is 0. The summed E-state index contributed by atoms with van der Waals surface area (Å²) < 4.78 is 38.2. The molecule has 0 spiro atoms. The minimum atomic E-state index is -6.75. The van der Waals surface area contributed by atoms with Crippen LogP contribution in [0.4, 0.5) is 9.28 Å². The van der Waals surface area contributed by atoms with Gasteiger partial charge < -0.3 is 6.15 Å². The van der Waals surface area contributed by atoms with Gasteiger partial charge in [0.15, 0.2) is 0 Å². The van der Waals surface area contributed by atoms with Gasteiger partial charge in [-0.05, 0) is 0 Å².